The number of nitrogens with two attached hydrogens (primary N) is 1. The van der Waals surface area contributed by atoms with Gasteiger partial charge in [0.1, 0.15) is 0 Å². The minimum absolute atomic E-state index is 0.127. The summed E-state index contributed by atoms with van der Waals surface area (Å²) < 4.78 is 25.3. The number of fused-ring (bicyclic) bond motifs is 1. The van der Waals surface area contributed by atoms with Crippen LogP contribution < -0.4 is 5.73 Å². The van der Waals surface area contributed by atoms with E-state index in [1.165, 1.54) is 6.42 Å². The largest absolute Gasteiger partial charge is 0.325 e. The summed E-state index contributed by atoms with van der Waals surface area (Å²) in [6.07, 6.45) is 4.06. The molecule has 94 valence electrons. The summed E-state index contributed by atoms with van der Waals surface area (Å²) in [5.74, 6) is 0.354. The van der Waals surface area contributed by atoms with Gasteiger partial charge in [0.05, 0.1) is 28.9 Å². The van der Waals surface area contributed by atoms with Crippen LogP contribution in [-0.2, 0) is 28.6 Å². The number of aryl methyl sites for hydroxylation is 1. The highest BCUT2D eigenvalue weighted by Crippen LogP contribution is 2.35. The van der Waals surface area contributed by atoms with E-state index >= 15 is 0 Å². The van der Waals surface area contributed by atoms with Crippen LogP contribution in [0.3, 0.4) is 0 Å². The third-order valence-corrected chi connectivity index (χ3v) is 5.38. The standard InChI is InChI=1S/C11H17N3O2S/c12-6-11-9-7-17(15,16)5-4-10(9)13-14(11)8-2-1-3-8/h8H,1-7,12H2. The number of sulfone groups is 1. The van der Waals surface area contributed by atoms with E-state index < -0.39 is 9.84 Å². The minimum atomic E-state index is -2.94. The Balaban J connectivity index is 2.06. The van der Waals surface area contributed by atoms with Crippen molar-refractivity contribution in [1.29, 1.82) is 0 Å². The highest BCUT2D eigenvalue weighted by atomic mass is 32.2. The van der Waals surface area contributed by atoms with Gasteiger partial charge in [-0.15, -0.1) is 0 Å². The molecule has 3 rings (SSSR count). The van der Waals surface area contributed by atoms with Gasteiger partial charge >= 0.3 is 0 Å². The Bertz CT molecular complexity index is 543. The summed E-state index contributed by atoms with van der Waals surface area (Å²) in [5, 5.41) is 4.58. The maximum absolute atomic E-state index is 11.7. The summed E-state index contributed by atoms with van der Waals surface area (Å²) in [5.41, 5.74) is 8.54. The van der Waals surface area contributed by atoms with Crippen LogP contribution in [0.4, 0.5) is 0 Å². The Morgan fingerprint density at radius 2 is 2.18 bits per heavy atom. The van der Waals surface area contributed by atoms with Gasteiger partial charge < -0.3 is 5.73 Å². The third-order valence-electron chi connectivity index (χ3n) is 3.83. The lowest BCUT2D eigenvalue weighted by Gasteiger charge is -2.27. The highest BCUT2D eigenvalue weighted by molar-refractivity contribution is 7.90. The molecular weight excluding hydrogens is 238 g/mol. The van der Waals surface area contributed by atoms with E-state index in [0.29, 0.717) is 19.0 Å². The lowest BCUT2D eigenvalue weighted by molar-refractivity contribution is 0.281. The molecule has 0 spiro atoms. The van der Waals surface area contributed by atoms with Crippen LogP contribution in [0.25, 0.3) is 0 Å². The molecule has 0 radical (unpaired) electrons. The van der Waals surface area contributed by atoms with Crippen LogP contribution >= 0.6 is 0 Å². The van der Waals surface area contributed by atoms with Crippen LogP contribution in [0.5, 0.6) is 0 Å². The molecule has 1 aliphatic heterocycles. The summed E-state index contributed by atoms with van der Waals surface area (Å²) in [7, 11) is -2.94. The van der Waals surface area contributed by atoms with Gasteiger partial charge in [-0.25, -0.2) is 8.42 Å². The van der Waals surface area contributed by atoms with E-state index in [9.17, 15) is 8.42 Å². The Morgan fingerprint density at radius 1 is 1.41 bits per heavy atom. The number of hydrogen-bond donors (Lipinski definition) is 1. The predicted molar refractivity (Wildman–Crippen MR) is 64.2 cm³/mol. The van der Waals surface area contributed by atoms with E-state index in [1.807, 2.05) is 4.68 Å². The second-order valence-corrected chi connectivity index (χ2v) is 7.13. The van der Waals surface area contributed by atoms with Crippen molar-refractivity contribution >= 4 is 9.84 Å². The quantitative estimate of drug-likeness (QED) is 0.836. The molecule has 2 heterocycles. The molecule has 0 atom stereocenters. The second kappa shape index (κ2) is 3.81. The maximum atomic E-state index is 11.7. The van der Waals surface area contributed by atoms with Gasteiger partial charge in [-0.3, -0.25) is 4.68 Å². The average molecular weight is 255 g/mol. The van der Waals surface area contributed by atoms with Crippen molar-refractivity contribution in [1.82, 2.24) is 9.78 Å². The molecule has 0 saturated heterocycles. The van der Waals surface area contributed by atoms with Gasteiger partial charge in [0.25, 0.3) is 0 Å². The van der Waals surface area contributed by atoms with Crippen LogP contribution in [0.15, 0.2) is 0 Å². The monoisotopic (exact) mass is 255 g/mol. The fourth-order valence-corrected chi connectivity index (χ4v) is 4.04. The molecule has 0 aromatic carbocycles. The Kier molecular flexibility index (Phi) is 2.52. The number of aromatic nitrogens is 2. The van der Waals surface area contributed by atoms with Crippen molar-refractivity contribution in [3.63, 3.8) is 0 Å². The molecule has 2 aliphatic rings. The molecular formula is C11H17N3O2S. The summed E-state index contributed by atoms with van der Waals surface area (Å²) in [4.78, 5) is 0. The van der Waals surface area contributed by atoms with E-state index in [-0.39, 0.29) is 11.5 Å². The van der Waals surface area contributed by atoms with Gasteiger partial charge in [-0.05, 0) is 19.3 Å². The Labute approximate surface area is 101 Å². The first-order valence-corrected chi connectivity index (χ1v) is 7.92. The van der Waals surface area contributed by atoms with Crippen LogP contribution in [-0.4, -0.2) is 24.0 Å². The SMILES string of the molecule is NCc1c2c(nn1C1CCC1)CCS(=O)(=O)C2. The molecule has 1 aromatic rings. The molecule has 0 amide bonds. The Morgan fingerprint density at radius 3 is 2.76 bits per heavy atom. The first-order chi connectivity index (χ1) is 8.11. The zero-order valence-electron chi connectivity index (χ0n) is 9.72. The molecule has 1 aromatic heterocycles. The van der Waals surface area contributed by atoms with Gasteiger partial charge in [0.15, 0.2) is 9.84 Å². The van der Waals surface area contributed by atoms with Gasteiger partial charge in [0, 0.05) is 18.5 Å². The molecule has 17 heavy (non-hydrogen) atoms. The van der Waals surface area contributed by atoms with Crippen LogP contribution in [0.2, 0.25) is 0 Å². The molecule has 5 nitrogen and oxygen atoms in total. The van der Waals surface area contributed by atoms with Crippen molar-refractivity contribution in [2.45, 2.75) is 44.0 Å². The fraction of sp³-hybridized carbons (Fsp3) is 0.727. The van der Waals surface area contributed by atoms with E-state index in [0.717, 1.165) is 29.8 Å². The van der Waals surface area contributed by atoms with Gasteiger partial charge in [-0.2, -0.15) is 5.10 Å². The topological polar surface area (TPSA) is 78.0 Å². The van der Waals surface area contributed by atoms with Crippen molar-refractivity contribution in [3.05, 3.63) is 17.0 Å². The minimum Gasteiger partial charge on any atom is -0.325 e. The highest BCUT2D eigenvalue weighted by Gasteiger charge is 2.31. The average Bonchev–Trinajstić information content (AvgIpc) is 2.51. The molecule has 0 bridgehead atoms. The zero-order valence-corrected chi connectivity index (χ0v) is 10.5. The summed E-state index contributed by atoms with van der Waals surface area (Å²) in [6, 6.07) is 0.446. The number of hydrogen-bond acceptors (Lipinski definition) is 4. The molecule has 6 heteroatoms. The summed E-state index contributed by atoms with van der Waals surface area (Å²) in [6.45, 7) is 0.383. The van der Waals surface area contributed by atoms with Gasteiger partial charge in [-0.1, -0.05) is 0 Å². The van der Waals surface area contributed by atoms with Crippen LogP contribution in [0.1, 0.15) is 42.3 Å². The van der Waals surface area contributed by atoms with Crippen molar-refractivity contribution in [2.24, 2.45) is 5.73 Å². The lowest BCUT2D eigenvalue weighted by Crippen LogP contribution is -2.22. The van der Waals surface area contributed by atoms with Gasteiger partial charge in [0.2, 0.25) is 0 Å². The van der Waals surface area contributed by atoms with E-state index in [2.05, 4.69) is 5.10 Å². The first-order valence-electron chi connectivity index (χ1n) is 6.10. The fourth-order valence-electron chi connectivity index (χ4n) is 2.62. The van der Waals surface area contributed by atoms with Crippen molar-refractivity contribution in [2.75, 3.05) is 5.75 Å². The second-order valence-electron chi connectivity index (χ2n) is 4.95. The summed E-state index contributed by atoms with van der Waals surface area (Å²) >= 11 is 0. The van der Waals surface area contributed by atoms with Crippen molar-refractivity contribution < 1.29 is 8.42 Å². The number of rotatable bonds is 2. The van der Waals surface area contributed by atoms with E-state index in [4.69, 9.17) is 5.73 Å². The first kappa shape index (κ1) is 11.2. The van der Waals surface area contributed by atoms with Crippen molar-refractivity contribution in [3.8, 4) is 0 Å². The molecule has 2 N–H and O–H groups in total. The zero-order chi connectivity index (χ0) is 12.0. The maximum Gasteiger partial charge on any atom is 0.154 e. The smallest absolute Gasteiger partial charge is 0.154 e. The van der Waals surface area contributed by atoms with Crippen LogP contribution in [0, 0.1) is 0 Å². The predicted octanol–water partition coefficient (Wildman–Crippen LogP) is 0.538. The molecule has 1 saturated carbocycles. The third kappa shape index (κ3) is 1.79. The van der Waals surface area contributed by atoms with E-state index in [1.54, 1.807) is 0 Å². The Hall–Kier alpha value is -0.880. The molecule has 1 fully saturated rings. The molecule has 1 aliphatic carbocycles. The number of nitrogens with zero attached hydrogens (tertiary/aromatic N) is 2. The lowest BCUT2D eigenvalue weighted by atomic mass is 9.93. The molecule has 0 unspecified atom stereocenters. The normalized spacial score (nSPS) is 23.1.